The second-order valence-electron chi connectivity index (χ2n) is 6.07. The average Bonchev–Trinajstić information content (AvgIpc) is 3.38. The Kier molecular flexibility index (Phi) is 7.96. The number of carbonyl (C=O) groups excluding carboxylic acids is 4. The molecule has 16 heteroatoms. The Morgan fingerprint density at radius 2 is 2.16 bits per heavy atom. The second kappa shape index (κ2) is 9.88. The van der Waals surface area contributed by atoms with Gasteiger partial charge in [-0.1, -0.05) is 5.16 Å². The van der Waals surface area contributed by atoms with Crippen molar-refractivity contribution in [3.63, 3.8) is 0 Å². The number of esters is 1. The van der Waals surface area contributed by atoms with Crippen molar-refractivity contribution in [3.8, 4) is 0 Å². The third-order valence-electron chi connectivity index (χ3n) is 4.26. The molecule has 2 saturated heterocycles. The van der Waals surface area contributed by atoms with E-state index in [4.69, 9.17) is 20.0 Å². The number of anilines is 1. The van der Waals surface area contributed by atoms with E-state index < -0.39 is 54.7 Å². The Bertz CT molecular complexity index is 924. The Hall–Kier alpha value is -2.30. The molecule has 0 aliphatic carbocycles. The molecule has 162 valence electrons. The number of carboxylic acid groups (broad SMARTS) is 1. The first kappa shape index (κ1) is 25.0. The number of nitrogens with one attached hydrogen (secondary N) is 1. The summed E-state index contributed by atoms with van der Waals surface area (Å²) in [5.41, 5.74) is 2.87. The maximum atomic E-state index is 12.7. The topological polar surface area (TPSA) is 195 Å². The number of carbonyl (C=O) groups is 4. The SMILES string of the molecule is CON=C(C(=O)N[C@H]1CON(C2(C(=O)[O-])CC(OC)C(=O)O2)C1=O)c1csc(N)n1.[Na+]. The number of oxime groups is 1. The maximum absolute atomic E-state index is 12.7. The van der Waals surface area contributed by atoms with Gasteiger partial charge >= 0.3 is 35.5 Å². The minimum atomic E-state index is -2.53. The summed E-state index contributed by atoms with van der Waals surface area (Å²) in [6.07, 6.45) is -1.78. The van der Waals surface area contributed by atoms with Crippen LogP contribution in [0, 0.1) is 0 Å². The van der Waals surface area contributed by atoms with Crippen molar-refractivity contribution in [2.75, 3.05) is 26.6 Å². The van der Waals surface area contributed by atoms with Gasteiger partial charge in [-0.15, -0.1) is 11.3 Å². The molecular weight excluding hydrogens is 449 g/mol. The molecule has 0 saturated carbocycles. The number of thiazole rings is 1. The largest absolute Gasteiger partial charge is 1.00 e. The van der Waals surface area contributed by atoms with Gasteiger partial charge in [-0.25, -0.2) is 9.78 Å². The quantitative estimate of drug-likeness (QED) is 0.168. The zero-order chi connectivity index (χ0) is 22.1. The molecule has 0 radical (unpaired) electrons. The molecule has 0 aromatic carbocycles. The number of nitrogens with two attached hydrogens (primary N) is 1. The van der Waals surface area contributed by atoms with Gasteiger partial charge < -0.3 is 35.3 Å². The number of nitrogens with zero attached hydrogens (tertiary/aromatic N) is 3. The van der Waals surface area contributed by atoms with Crippen LogP contribution in [0.5, 0.6) is 0 Å². The number of rotatable bonds is 7. The molecular formula is C15H16N5NaO9S. The van der Waals surface area contributed by atoms with Crippen LogP contribution in [0.3, 0.4) is 0 Å². The summed E-state index contributed by atoms with van der Waals surface area (Å²) in [7, 11) is 2.38. The van der Waals surface area contributed by atoms with Crippen molar-refractivity contribution < 1.29 is 73.0 Å². The Morgan fingerprint density at radius 1 is 1.45 bits per heavy atom. The van der Waals surface area contributed by atoms with Gasteiger partial charge in [0, 0.05) is 12.5 Å². The van der Waals surface area contributed by atoms with Crippen LogP contribution in [0.25, 0.3) is 0 Å². The Balaban J connectivity index is 0.00000341. The van der Waals surface area contributed by atoms with Gasteiger partial charge in [0.2, 0.25) is 0 Å². The van der Waals surface area contributed by atoms with Crippen molar-refractivity contribution in [1.82, 2.24) is 15.4 Å². The van der Waals surface area contributed by atoms with E-state index in [2.05, 4.69) is 20.3 Å². The number of nitrogen functional groups attached to an aromatic ring is 1. The molecule has 0 spiro atoms. The van der Waals surface area contributed by atoms with E-state index in [0.29, 0.717) is 5.06 Å². The van der Waals surface area contributed by atoms with Gasteiger partial charge in [-0.2, -0.15) is 5.06 Å². The van der Waals surface area contributed by atoms with Crippen LogP contribution in [-0.4, -0.2) is 78.2 Å². The fraction of sp³-hybridized carbons (Fsp3) is 0.467. The second-order valence-corrected chi connectivity index (χ2v) is 6.96. The molecule has 1 aromatic heterocycles. The smallest absolute Gasteiger partial charge is 0.544 e. The van der Waals surface area contributed by atoms with Crippen LogP contribution in [0.15, 0.2) is 10.5 Å². The molecule has 14 nitrogen and oxygen atoms in total. The summed E-state index contributed by atoms with van der Waals surface area (Å²) in [6.45, 7) is -0.436. The summed E-state index contributed by atoms with van der Waals surface area (Å²) in [5.74, 6) is -4.71. The third kappa shape index (κ3) is 4.65. The molecule has 3 N–H and O–H groups in total. The van der Waals surface area contributed by atoms with E-state index in [9.17, 15) is 24.3 Å². The van der Waals surface area contributed by atoms with E-state index in [-0.39, 0.29) is 46.1 Å². The first-order valence-electron chi connectivity index (χ1n) is 8.31. The monoisotopic (exact) mass is 465 g/mol. The van der Waals surface area contributed by atoms with E-state index in [1.165, 1.54) is 19.6 Å². The van der Waals surface area contributed by atoms with Crippen molar-refractivity contribution in [2.24, 2.45) is 5.16 Å². The van der Waals surface area contributed by atoms with Crippen LogP contribution < -0.4 is 45.7 Å². The molecule has 31 heavy (non-hydrogen) atoms. The minimum absolute atomic E-state index is 0. The Morgan fingerprint density at radius 3 is 2.68 bits per heavy atom. The minimum Gasteiger partial charge on any atom is -0.544 e. The number of ether oxygens (including phenoxy) is 2. The maximum Gasteiger partial charge on any atom is 1.00 e. The summed E-state index contributed by atoms with van der Waals surface area (Å²) in [5, 5.41) is 19.6. The predicted molar refractivity (Wildman–Crippen MR) is 94.0 cm³/mol. The van der Waals surface area contributed by atoms with Crippen molar-refractivity contribution in [1.29, 1.82) is 0 Å². The molecule has 2 unspecified atom stereocenters. The molecule has 0 bridgehead atoms. The predicted octanol–water partition coefficient (Wildman–Crippen LogP) is -6.25. The number of aromatic nitrogens is 1. The van der Waals surface area contributed by atoms with Gasteiger partial charge in [0.05, 0.1) is 6.42 Å². The summed E-state index contributed by atoms with van der Waals surface area (Å²) < 4.78 is 9.70. The van der Waals surface area contributed by atoms with E-state index in [0.717, 1.165) is 11.3 Å². The normalized spacial score (nSPS) is 25.7. The molecule has 3 heterocycles. The fourth-order valence-corrected chi connectivity index (χ4v) is 3.40. The third-order valence-corrected chi connectivity index (χ3v) is 4.94. The molecule has 2 aliphatic heterocycles. The zero-order valence-electron chi connectivity index (χ0n) is 16.6. The van der Waals surface area contributed by atoms with Crippen molar-refractivity contribution in [2.45, 2.75) is 24.3 Å². The van der Waals surface area contributed by atoms with Gasteiger partial charge in [0.15, 0.2) is 16.9 Å². The number of hydrogen-bond donors (Lipinski definition) is 2. The first-order valence-corrected chi connectivity index (χ1v) is 9.19. The number of hydrogen-bond acceptors (Lipinski definition) is 13. The van der Waals surface area contributed by atoms with E-state index in [1.807, 2.05) is 0 Å². The standard InChI is InChI=1S/C15H17N5O9S.Na/c1-26-8-3-15(13(24)25,29-12(8)23)20-11(22)6(4-28-20)17-10(21)9(19-27-2)7-5-30-14(16)18-7;/h5-6,8H,3-4H2,1-2H3,(H2,16,18)(H,17,21)(H,24,25);/q;+1/p-1/t6-,8?,15?;/m0./s1. The summed E-state index contributed by atoms with van der Waals surface area (Å²) in [6, 6.07) is -1.31. The van der Waals surface area contributed by atoms with Gasteiger partial charge in [-0.05, 0) is 0 Å². The number of methoxy groups -OCH3 is 1. The molecule has 2 fully saturated rings. The fourth-order valence-electron chi connectivity index (χ4n) is 2.85. The first-order chi connectivity index (χ1) is 14.2. The van der Waals surface area contributed by atoms with Crippen LogP contribution >= 0.6 is 11.3 Å². The van der Waals surface area contributed by atoms with Crippen LogP contribution in [0.4, 0.5) is 5.13 Å². The van der Waals surface area contributed by atoms with Gasteiger partial charge in [-0.3, -0.25) is 14.4 Å². The van der Waals surface area contributed by atoms with E-state index in [1.54, 1.807) is 0 Å². The molecule has 2 aliphatic rings. The number of carboxylic acids is 1. The van der Waals surface area contributed by atoms with Gasteiger partial charge in [0.1, 0.15) is 31.4 Å². The van der Waals surface area contributed by atoms with Crippen molar-refractivity contribution >= 4 is 45.9 Å². The van der Waals surface area contributed by atoms with Gasteiger partial charge in [0.25, 0.3) is 17.5 Å². The summed E-state index contributed by atoms with van der Waals surface area (Å²) >= 11 is 1.06. The Labute approximate surface area is 200 Å². The number of aliphatic carboxylic acids is 1. The average molecular weight is 465 g/mol. The van der Waals surface area contributed by atoms with E-state index >= 15 is 0 Å². The molecule has 2 amide bonds. The number of amides is 2. The number of hydroxylamine groups is 2. The van der Waals surface area contributed by atoms with Crippen LogP contribution in [0.2, 0.25) is 0 Å². The van der Waals surface area contributed by atoms with Crippen LogP contribution in [-0.2, 0) is 38.3 Å². The van der Waals surface area contributed by atoms with Crippen molar-refractivity contribution in [3.05, 3.63) is 11.1 Å². The molecule has 3 rings (SSSR count). The molecule has 3 atom stereocenters. The zero-order valence-corrected chi connectivity index (χ0v) is 19.5. The summed E-state index contributed by atoms with van der Waals surface area (Å²) in [4.78, 5) is 62.5. The van der Waals surface area contributed by atoms with Crippen LogP contribution in [0.1, 0.15) is 12.1 Å². The number of cyclic esters (lactones) is 1. The molecule has 1 aromatic rings.